The fourth-order valence-electron chi connectivity index (χ4n) is 1.20. The molecule has 1 heterocycles. The van der Waals surface area contributed by atoms with E-state index in [-0.39, 0.29) is 12.2 Å². The molecular weight excluding hydrogens is 262 g/mol. The van der Waals surface area contributed by atoms with Gasteiger partial charge in [0.25, 0.3) is 0 Å². The first-order chi connectivity index (χ1) is 7.76. The van der Waals surface area contributed by atoms with Crippen LogP contribution in [0.2, 0.25) is 0 Å². The normalized spacial score (nSPS) is 17.4. The van der Waals surface area contributed by atoms with Gasteiger partial charge in [0.05, 0.1) is 0 Å². The first-order valence-corrected chi connectivity index (χ1v) is 5.93. The maximum Gasteiger partial charge on any atom is 0.534 e. The molecule has 0 saturated carbocycles. The summed E-state index contributed by atoms with van der Waals surface area (Å²) in [6.45, 7) is 0.414. The molecule has 1 aliphatic heterocycles. The predicted molar refractivity (Wildman–Crippen MR) is 52.6 cm³/mol. The first-order valence-electron chi connectivity index (χ1n) is 4.52. The van der Waals surface area contributed by atoms with Crippen LogP contribution in [-0.4, -0.2) is 38.9 Å². The molecule has 0 aromatic heterocycles. The van der Waals surface area contributed by atoms with Crippen LogP contribution in [0.4, 0.5) is 13.2 Å². The summed E-state index contributed by atoms with van der Waals surface area (Å²) in [7, 11) is -4.56. The fraction of sp³-hybridized carbons (Fsp3) is 0.571. The molecular formula is C7H8BF3NO4S. The van der Waals surface area contributed by atoms with Crippen molar-refractivity contribution in [1.29, 1.82) is 0 Å². The third-order valence-electron chi connectivity index (χ3n) is 1.90. The molecule has 5 nitrogen and oxygen atoms in total. The Bertz CT molecular complexity index is 419. The Kier molecular flexibility index (Phi) is 4.07. The van der Waals surface area contributed by atoms with Crippen LogP contribution in [0.25, 0.3) is 0 Å². The molecule has 0 aromatic carbocycles. The molecule has 0 saturated heterocycles. The van der Waals surface area contributed by atoms with Gasteiger partial charge >= 0.3 is 23.0 Å². The lowest BCUT2D eigenvalue weighted by Gasteiger charge is -2.24. The van der Waals surface area contributed by atoms with E-state index in [1.54, 1.807) is 0 Å². The van der Waals surface area contributed by atoms with Crippen molar-refractivity contribution in [3.8, 4) is 0 Å². The van der Waals surface area contributed by atoms with Gasteiger partial charge in [-0.1, -0.05) is 0 Å². The number of allylic oxidation sites excluding steroid dienone is 1. The highest BCUT2D eigenvalue weighted by Gasteiger charge is 2.48. The van der Waals surface area contributed by atoms with E-state index in [4.69, 9.17) is 0 Å². The van der Waals surface area contributed by atoms with Crippen LogP contribution >= 0.6 is 0 Å². The van der Waals surface area contributed by atoms with Crippen molar-refractivity contribution < 1.29 is 30.6 Å². The number of rotatable bonds is 4. The molecule has 0 spiro atoms. The highest BCUT2D eigenvalue weighted by atomic mass is 32.2. The van der Waals surface area contributed by atoms with Gasteiger partial charge in [-0.25, -0.2) is 0 Å². The van der Waals surface area contributed by atoms with Gasteiger partial charge in [0, 0.05) is 19.2 Å². The van der Waals surface area contributed by atoms with Crippen LogP contribution in [0.1, 0.15) is 12.8 Å². The van der Waals surface area contributed by atoms with Crippen molar-refractivity contribution in [1.82, 2.24) is 4.81 Å². The molecule has 0 N–H and O–H groups in total. The van der Waals surface area contributed by atoms with Crippen molar-refractivity contribution in [2.24, 2.45) is 0 Å². The molecule has 1 aliphatic rings. The molecule has 0 unspecified atom stereocenters. The van der Waals surface area contributed by atoms with Crippen LogP contribution in [0.5, 0.6) is 0 Å². The second-order valence-corrected chi connectivity index (χ2v) is 4.74. The van der Waals surface area contributed by atoms with Gasteiger partial charge in [-0.05, 0) is 6.42 Å². The van der Waals surface area contributed by atoms with Crippen LogP contribution in [0, 0.1) is 0 Å². The molecule has 0 aromatic rings. The number of hydrogen-bond acceptors (Lipinski definition) is 5. The molecule has 0 bridgehead atoms. The van der Waals surface area contributed by atoms with Gasteiger partial charge in [0.1, 0.15) is 11.9 Å². The molecule has 17 heavy (non-hydrogen) atoms. The molecule has 0 amide bonds. The summed E-state index contributed by atoms with van der Waals surface area (Å²) >= 11 is 0. The molecule has 95 valence electrons. The van der Waals surface area contributed by atoms with Gasteiger partial charge in [0.2, 0.25) is 0 Å². The maximum atomic E-state index is 12.0. The van der Waals surface area contributed by atoms with Gasteiger partial charge in [-0.15, -0.1) is 0 Å². The summed E-state index contributed by atoms with van der Waals surface area (Å²) < 4.78 is 61.4. The number of nitrogens with zero attached hydrogens (tertiary/aromatic N) is 1. The number of alkyl halides is 3. The maximum absolute atomic E-state index is 12.0. The van der Waals surface area contributed by atoms with Crippen LogP contribution in [0.3, 0.4) is 0 Å². The highest BCUT2D eigenvalue weighted by molar-refractivity contribution is 7.87. The monoisotopic (exact) mass is 270 g/mol. The van der Waals surface area contributed by atoms with E-state index in [1.807, 2.05) is 0 Å². The third kappa shape index (κ3) is 3.65. The van der Waals surface area contributed by atoms with E-state index < -0.39 is 15.6 Å². The molecule has 10 heteroatoms. The van der Waals surface area contributed by atoms with Crippen molar-refractivity contribution in [3.05, 3.63) is 12.0 Å². The Morgan fingerprint density at radius 2 is 2.12 bits per heavy atom. The number of hydrogen-bond donors (Lipinski definition) is 0. The highest BCUT2D eigenvalue weighted by Crippen LogP contribution is 2.28. The quantitative estimate of drug-likeness (QED) is 0.324. The Morgan fingerprint density at radius 3 is 2.65 bits per heavy atom. The zero-order valence-electron chi connectivity index (χ0n) is 8.48. The van der Waals surface area contributed by atoms with Gasteiger partial charge in [-0.3, -0.25) is 0 Å². The fourth-order valence-corrected chi connectivity index (χ4v) is 1.70. The molecule has 0 atom stereocenters. The van der Waals surface area contributed by atoms with E-state index in [2.05, 4.69) is 4.18 Å². The van der Waals surface area contributed by atoms with E-state index in [0.29, 0.717) is 19.2 Å². The number of halogens is 3. The lowest BCUT2D eigenvalue weighted by Crippen LogP contribution is -2.31. The molecule has 0 fully saturated rings. The van der Waals surface area contributed by atoms with Crippen molar-refractivity contribution in [2.45, 2.75) is 18.3 Å². The topological polar surface area (TPSA) is 63.7 Å². The van der Waals surface area contributed by atoms with Crippen LogP contribution in [0.15, 0.2) is 12.0 Å². The Balaban J connectivity index is 2.78. The average Bonchev–Trinajstić information content (AvgIpc) is 2.16. The van der Waals surface area contributed by atoms with Crippen molar-refractivity contribution in [3.63, 3.8) is 0 Å². The van der Waals surface area contributed by atoms with E-state index in [0.717, 1.165) is 13.6 Å². The molecule has 1 rings (SSSR count). The first kappa shape index (κ1) is 13.9. The predicted octanol–water partition coefficient (Wildman–Crippen LogP) is 0.599. The Morgan fingerprint density at radius 1 is 1.47 bits per heavy atom. The summed E-state index contributed by atoms with van der Waals surface area (Å²) in [6.07, 6.45) is 1.96. The molecule has 0 aliphatic carbocycles. The summed E-state index contributed by atoms with van der Waals surface area (Å²) in [5.41, 5.74) is -5.45. The lowest BCUT2D eigenvalue weighted by molar-refractivity contribution is -0.0524. The Hall–Kier alpha value is -1.19. The summed E-state index contributed by atoms with van der Waals surface area (Å²) in [5, 5.41) is 0. The number of carbonyl (C=O) groups excluding carboxylic acids is 1. The second-order valence-electron chi connectivity index (χ2n) is 3.21. The van der Waals surface area contributed by atoms with E-state index in [9.17, 15) is 26.4 Å². The van der Waals surface area contributed by atoms with E-state index in [1.165, 1.54) is 4.81 Å². The number of carbonyl (C=O) groups is 1. The third-order valence-corrected chi connectivity index (χ3v) is 2.90. The van der Waals surface area contributed by atoms with Gasteiger partial charge in [0.15, 0.2) is 0 Å². The molecule has 1 radical (unpaired) electrons. The standard InChI is InChI=1S/C7H8BF3NO4S/c9-7(10,11)17(14,15)16-6-2-1-3-12(4-6)8-5-13/h4-5H,1-3H2. The van der Waals surface area contributed by atoms with Gasteiger partial charge < -0.3 is 13.8 Å². The smallest absolute Gasteiger partial charge is 0.415 e. The summed E-state index contributed by atoms with van der Waals surface area (Å²) in [4.78, 5) is 11.4. The second kappa shape index (κ2) is 4.99. The largest absolute Gasteiger partial charge is 0.534 e. The van der Waals surface area contributed by atoms with Crippen molar-refractivity contribution in [2.75, 3.05) is 6.54 Å². The summed E-state index contributed by atoms with van der Waals surface area (Å²) in [5.74, 6) is -0.341. The zero-order valence-corrected chi connectivity index (χ0v) is 9.29. The lowest BCUT2D eigenvalue weighted by atomic mass is 9.93. The van der Waals surface area contributed by atoms with Gasteiger partial charge in [-0.2, -0.15) is 21.6 Å². The zero-order chi connectivity index (χ0) is 13.1. The summed E-state index contributed by atoms with van der Waals surface area (Å²) in [6, 6.07) is 0. The Labute approximate surface area is 96.6 Å². The minimum Gasteiger partial charge on any atom is -0.415 e. The average molecular weight is 270 g/mol. The van der Waals surface area contributed by atoms with E-state index >= 15 is 0 Å². The minimum absolute atomic E-state index is 0.0680. The minimum atomic E-state index is -5.63. The SMILES string of the molecule is O=C[B]N1C=C(OS(=O)(=O)C(F)(F)F)CCC1. The van der Waals surface area contributed by atoms with Crippen LogP contribution < -0.4 is 0 Å². The van der Waals surface area contributed by atoms with Crippen molar-refractivity contribution >= 4 is 23.7 Å². The van der Waals surface area contributed by atoms with Crippen LogP contribution in [-0.2, 0) is 19.1 Å².